The van der Waals surface area contributed by atoms with Crippen LogP contribution in [0.2, 0.25) is 0 Å². The van der Waals surface area contributed by atoms with E-state index in [0.29, 0.717) is 0 Å². The number of benzene rings is 2. The Bertz CT molecular complexity index is 506. The average Bonchev–Trinajstić information content (AvgIpc) is 2.28. The Morgan fingerprint density at radius 2 is 1.88 bits per heavy atom. The minimum Gasteiger partial charge on any atom is -0.497 e. The molecule has 0 fully saturated rings. The van der Waals surface area contributed by atoms with Crippen molar-refractivity contribution in [2.45, 2.75) is 6.92 Å². The number of halogens is 1. The molecule has 2 heteroatoms. The lowest BCUT2D eigenvalue weighted by atomic mass is 10.0. The lowest BCUT2D eigenvalue weighted by molar-refractivity contribution is 0.414. The van der Waals surface area contributed by atoms with E-state index in [9.17, 15) is 4.39 Å². The van der Waals surface area contributed by atoms with E-state index in [-0.39, 0.29) is 5.82 Å². The van der Waals surface area contributed by atoms with Crippen molar-refractivity contribution in [3.05, 3.63) is 53.8 Å². The normalized spacial score (nSPS) is 10.2. The van der Waals surface area contributed by atoms with Crippen molar-refractivity contribution in [2.24, 2.45) is 0 Å². The Hall–Kier alpha value is -1.83. The zero-order valence-corrected chi connectivity index (χ0v) is 9.33. The minimum atomic E-state index is -0.215. The molecule has 0 saturated carbocycles. The van der Waals surface area contributed by atoms with Gasteiger partial charge >= 0.3 is 0 Å². The van der Waals surface area contributed by atoms with Gasteiger partial charge in [-0.2, -0.15) is 0 Å². The molecule has 0 spiro atoms. The van der Waals surface area contributed by atoms with Crippen molar-refractivity contribution < 1.29 is 9.13 Å². The Morgan fingerprint density at radius 1 is 1.06 bits per heavy atom. The Labute approximate surface area is 94.5 Å². The van der Waals surface area contributed by atoms with Crippen LogP contribution in [0.4, 0.5) is 4.39 Å². The number of aryl methyl sites for hydroxylation is 1. The summed E-state index contributed by atoms with van der Waals surface area (Å²) >= 11 is 0. The number of rotatable bonds is 2. The fraction of sp³-hybridized carbons (Fsp3) is 0.143. The van der Waals surface area contributed by atoms with Crippen LogP contribution in [0.3, 0.4) is 0 Å². The van der Waals surface area contributed by atoms with Crippen LogP contribution >= 0.6 is 0 Å². The van der Waals surface area contributed by atoms with E-state index in [0.717, 1.165) is 22.4 Å². The van der Waals surface area contributed by atoms with E-state index in [1.807, 2.05) is 31.2 Å². The number of methoxy groups -OCH3 is 1. The summed E-state index contributed by atoms with van der Waals surface area (Å²) in [5.41, 5.74) is 2.99. The summed E-state index contributed by atoms with van der Waals surface area (Å²) in [4.78, 5) is 0. The van der Waals surface area contributed by atoms with Crippen molar-refractivity contribution >= 4 is 0 Å². The van der Waals surface area contributed by atoms with Gasteiger partial charge in [0.05, 0.1) is 7.11 Å². The highest BCUT2D eigenvalue weighted by Crippen LogP contribution is 2.27. The summed E-state index contributed by atoms with van der Waals surface area (Å²) in [5, 5.41) is 0. The third-order valence-electron chi connectivity index (χ3n) is 2.57. The highest BCUT2D eigenvalue weighted by Gasteiger charge is 2.03. The molecule has 0 aliphatic carbocycles. The third kappa shape index (κ3) is 2.06. The molecule has 2 aromatic carbocycles. The van der Waals surface area contributed by atoms with Gasteiger partial charge in [-0.25, -0.2) is 4.39 Å². The van der Waals surface area contributed by atoms with Crippen LogP contribution in [0.5, 0.6) is 5.75 Å². The highest BCUT2D eigenvalue weighted by molar-refractivity contribution is 5.68. The molecule has 0 unspecified atom stereocenters. The van der Waals surface area contributed by atoms with Gasteiger partial charge in [-0.15, -0.1) is 0 Å². The van der Waals surface area contributed by atoms with Gasteiger partial charge in [-0.3, -0.25) is 0 Å². The standard InChI is InChI=1S/C14H13FO/c1-10-8-13(16-2)6-7-14(10)11-4-3-5-12(15)9-11/h3-9H,1-2H3. The van der Waals surface area contributed by atoms with Crippen molar-refractivity contribution in [3.63, 3.8) is 0 Å². The maximum absolute atomic E-state index is 13.1. The van der Waals surface area contributed by atoms with Crippen molar-refractivity contribution in [1.29, 1.82) is 0 Å². The van der Waals surface area contributed by atoms with Crippen LogP contribution in [-0.4, -0.2) is 7.11 Å². The van der Waals surface area contributed by atoms with Crippen LogP contribution in [-0.2, 0) is 0 Å². The fourth-order valence-electron chi connectivity index (χ4n) is 1.74. The SMILES string of the molecule is COc1ccc(-c2cccc(F)c2)c(C)c1. The average molecular weight is 216 g/mol. The lowest BCUT2D eigenvalue weighted by Crippen LogP contribution is -1.87. The zero-order chi connectivity index (χ0) is 11.5. The Balaban J connectivity index is 2.48. The van der Waals surface area contributed by atoms with Gasteiger partial charge in [0.25, 0.3) is 0 Å². The van der Waals surface area contributed by atoms with E-state index >= 15 is 0 Å². The molecule has 1 nitrogen and oxygen atoms in total. The predicted octanol–water partition coefficient (Wildman–Crippen LogP) is 3.81. The molecule has 0 aliphatic rings. The summed E-state index contributed by atoms with van der Waals surface area (Å²) < 4.78 is 18.2. The smallest absolute Gasteiger partial charge is 0.123 e. The number of hydrogen-bond donors (Lipinski definition) is 0. The van der Waals surface area contributed by atoms with Crippen LogP contribution in [0.15, 0.2) is 42.5 Å². The first-order chi connectivity index (χ1) is 7.70. The molecule has 2 aromatic rings. The predicted molar refractivity (Wildman–Crippen MR) is 63.1 cm³/mol. The molecule has 0 bridgehead atoms. The van der Waals surface area contributed by atoms with E-state index in [2.05, 4.69) is 0 Å². The summed E-state index contributed by atoms with van der Waals surface area (Å²) in [6.07, 6.45) is 0. The van der Waals surface area contributed by atoms with Gasteiger partial charge in [-0.1, -0.05) is 18.2 Å². The molecular weight excluding hydrogens is 203 g/mol. The maximum atomic E-state index is 13.1. The molecule has 16 heavy (non-hydrogen) atoms. The number of ether oxygens (including phenoxy) is 1. The third-order valence-corrected chi connectivity index (χ3v) is 2.57. The molecule has 0 aromatic heterocycles. The lowest BCUT2D eigenvalue weighted by Gasteiger charge is -2.08. The topological polar surface area (TPSA) is 9.23 Å². The van der Waals surface area contributed by atoms with E-state index in [4.69, 9.17) is 4.74 Å². The number of hydrogen-bond acceptors (Lipinski definition) is 1. The quantitative estimate of drug-likeness (QED) is 0.741. The minimum absolute atomic E-state index is 0.215. The fourth-order valence-corrected chi connectivity index (χ4v) is 1.74. The largest absolute Gasteiger partial charge is 0.497 e. The van der Waals surface area contributed by atoms with E-state index < -0.39 is 0 Å². The first-order valence-corrected chi connectivity index (χ1v) is 5.11. The summed E-state index contributed by atoms with van der Waals surface area (Å²) in [5.74, 6) is 0.602. The van der Waals surface area contributed by atoms with Crippen LogP contribution in [0.25, 0.3) is 11.1 Å². The summed E-state index contributed by atoms with van der Waals surface area (Å²) in [7, 11) is 1.64. The molecule has 0 N–H and O–H groups in total. The molecule has 0 aliphatic heterocycles. The van der Waals surface area contributed by atoms with Crippen LogP contribution in [0.1, 0.15) is 5.56 Å². The molecule has 0 atom stereocenters. The first-order valence-electron chi connectivity index (χ1n) is 5.11. The molecule has 0 amide bonds. The van der Waals surface area contributed by atoms with Gasteiger partial charge in [0.15, 0.2) is 0 Å². The Kier molecular flexibility index (Phi) is 2.91. The molecule has 0 saturated heterocycles. The second-order valence-corrected chi connectivity index (χ2v) is 3.69. The van der Waals surface area contributed by atoms with E-state index in [1.165, 1.54) is 12.1 Å². The van der Waals surface area contributed by atoms with Gasteiger partial charge in [-0.05, 0) is 47.9 Å². The monoisotopic (exact) mass is 216 g/mol. The van der Waals surface area contributed by atoms with Crippen molar-refractivity contribution in [2.75, 3.05) is 7.11 Å². The van der Waals surface area contributed by atoms with Gasteiger partial charge in [0, 0.05) is 0 Å². The summed E-state index contributed by atoms with van der Waals surface area (Å²) in [6, 6.07) is 12.4. The highest BCUT2D eigenvalue weighted by atomic mass is 19.1. The van der Waals surface area contributed by atoms with Crippen molar-refractivity contribution in [1.82, 2.24) is 0 Å². The van der Waals surface area contributed by atoms with Crippen molar-refractivity contribution in [3.8, 4) is 16.9 Å². The molecule has 0 heterocycles. The molecule has 82 valence electrons. The van der Waals surface area contributed by atoms with Crippen LogP contribution in [0, 0.1) is 12.7 Å². The molecule has 2 rings (SSSR count). The second-order valence-electron chi connectivity index (χ2n) is 3.69. The zero-order valence-electron chi connectivity index (χ0n) is 9.33. The van der Waals surface area contributed by atoms with E-state index in [1.54, 1.807) is 13.2 Å². The van der Waals surface area contributed by atoms with Gasteiger partial charge < -0.3 is 4.74 Å². The summed E-state index contributed by atoms with van der Waals surface area (Å²) in [6.45, 7) is 1.99. The molecule has 0 radical (unpaired) electrons. The molecular formula is C14H13FO. The van der Waals surface area contributed by atoms with Gasteiger partial charge in [0.2, 0.25) is 0 Å². The first kappa shape index (κ1) is 10.7. The van der Waals surface area contributed by atoms with Gasteiger partial charge in [0.1, 0.15) is 11.6 Å². The van der Waals surface area contributed by atoms with Crippen LogP contribution < -0.4 is 4.74 Å². The second kappa shape index (κ2) is 4.35. The maximum Gasteiger partial charge on any atom is 0.123 e. The Morgan fingerprint density at radius 3 is 2.50 bits per heavy atom.